The highest BCUT2D eigenvalue weighted by Gasteiger charge is 2.36. The fraction of sp³-hybridized carbons (Fsp3) is 0.138. The van der Waals surface area contributed by atoms with E-state index in [9.17, 15) is 14.9 Å². The number of esters is 1. The third-order valence-corrected chi connectivity index (χ3v) is 7.35. The van der Waals surface area contributed by atoms with Crippen LogP contribution in [-0.4, -0.2) is 17.6 Å². The highest BCUT2D eigenvalue weighted by Crippen LogP contribution is 2.43. The quantitative estimate of drug-likeness (QED) is 0.293. The molecule has 0 aromatic heterocycles. The lowest BCUT2D eigenvalue weighted by Gasteiger charge is -2.29. The molecule has 1 amide bonds. The van der Waals surface area contributed by atoms with Gasteiger partial charge in [0.05, 0.1) is 33.9 Å². The number of carbonyl (C=O) groups excluding carboxylic acids is 2. The number of dihydropyridines is 1. The summed E-state index contributed by atoms with van der Waals surface area (Å²) in [4.78, 5) is 26.0. The average molecular weight is 564 g/mol. The number of amides is 1. The molecule has 1 aliphatic heterocycles. The second-order valence-corrected chi connectivity index (χ2v) is 10.2. The van der Waals surface area contributed by atoms with Crippen molar-refractivity contribution >= 4 is 52.5 Å². The van der Waals surface area contributed by atoms with Gasteiger partial charge in [-0.15, -0.1) is 0 Å². The van der Waals surface area contributed by atoms with Gasteiger partial charge in [-0.3, -0.25) is 4.79 Å². The molecule has 2 N–H and O–H groups in total. The fourth-order valence-electron chi connectivity index (χ4n) is 4.02. The van der Waals surface area contributed by atoms with E-state index < -0.39 is 11.9 Å². The Labute approximate surface area is 235 Å². The topological polar surface area (TPSA) is 91.2 Å². The number of nitriles is 1. The highest BCUT2D eigenvalue weighted by atomic mass is 35.5. The van der Waals surface area contributed by atoms with Gasteiger partial charge in [-0.25, -0.2) is 4.79 Å². The summed E-state index contributed by atoms with van der Waals surface area (Å²) in [7, 11) is 0. The van der Waals surface area contributed by atoms with E-state index in [1.165, 1.54) is 11.8 Å². The molecule has 0 spiro atoms. The van der Waals surface area contributed by atoms with Gasteiger partial charge in [0.1, 0.15) is 6.61 Å². The highest BCUT2D eigenvalue weighted by molar-refractivity contribution is 8.03. The molecule has 38 heavy (non-hydrogen) atoms. The molecule has 1 aliphatic rings. The van der Waals surface area contributed by atoms with Gasteiger partial charge in [0.15, 0.2) is 0 Å². The summed E-state index contributed by atoms with van der Waals surface area (Å²) in [6.45, 7) is 1.83. The van der Waals surface area contributed by atoms with Crippen molar-refractivity contribution < 1.29 is 14.3 Å². The second-order valence-electron chi connectivity index (χ2n) is 8.38. The first-order valence-corrected chi connectivity index (χ1v) is 13.4. The number of hydrogen-bond donors (Lipinski definition) is 2. The van der Waals surface area contributed by atoms with E-state index >= 15 is 0 Å². The first-order chi connectivity index (χ1) is 18.4. The zero-order valence-corrected chi connectivity index (χ0v) is 22.7. The van der Waals surface area contributed by atoms with Crippen LogP contribution in [0.25, 0.3) is 0 Å². The van der Waals surface area contributed by atoms with E-state index in [1.54, 1.807) is 55.5 Å². The van der Waals surface area contributed by atoms with Crippen molar-refractivity contribution in [3.63, 3.8) is 0 Å². The predicted molar refractivity (Wildman–Crippen MR) is 151 cm³/mol. The van der Waals surface area contributed by atoms with E-state index in [1.807, 2.05) is 30.3 Å². The van der Waals surface area contributed by atoms with Crippen LogP contribution in [-0.2, 0) is 20.9 Å². The molecule has 0 fully saturated rings. The van der Waals surface area contributed by atoms with E-state index in [0.29, 0.717) is 37.6 Å². The van der Waals surface area contributed by atoms with Crippen LogP contribution in [0.15, 0.2) is 101 Å². The third-order valence-electron chi connectivity index (χ3n) is 5.75. The second kappa shape index (κ2) is 12.7. The van der Waals surface area contributed by atoms with E-state index in [0.717, 1.165) is 5.56 Å². The molecule has 0 unspecified atom stereocenters. The van der Waals surface area contributed by atoms with E-state index in [-0.39, 0.29) is 23.8 Å². The smallest absolute Gasteiger partial charge is 0.337 e. The number of benzene rings is 3. The largest absolute Gasteiger partial charge is 0.457 e. The standard InChI is InChI=1S/C29H23Cl2N3O3S/c1-18-26(29(36)37-16-19-8-3-2-4-9-19)27(22-12-5-6-13-24(22)31)23(15-32)28(33-18)38-17-25(35)34-21-11-7-10-20(30)14-21/h2-14,27,33H,16-17H2,1H3,(H,34,35)/t27-/m1/s1. The number of anilines is 1. The summed E-state index contributed by atoms with van der Waals surface area (Å²) in [6, 6.07) is 25.5. The van der Waals surface area contributed by atoms with Crippen LogP contribution in [0.3, 0.4) is 0 Å². The normalized spacial score (nSPS) is 14.9. The van der Waals surface area contributed by atoms with Gasteiger partial charge in [-0.05, 0) is 42.3 Å². The summed E-state index contributed by atoms with van der Waals surface area (Å²) in [6.07, 6.45) is 0. The molecule has 3 aromatic carbocycles. The molecule has 6 nitrogen and oxygen atoms in total. The molecular weight excluding hydrogens is 541 g/mol. The molecular formula is C29H23Cl2N3O3S. The Morgan fingerprint density at radius 2 is 1.79 bits per heavy atom. The SMILES string of the molecule is CC1=C(C(=O)OCc2ccccc2)[C@H](c2ccccc2Cl)C(C#N)=C(SCC(=O)Nc2cccc(Cl)c2)N1. The zero-order valence-electron chi connectivity index (χ0n) is 20.3. The van der Waals surface area contributed by atoms with Crippen molar-refractivity contribution in [2.45, 2.75) is 19.4 Å². The Hall–Kier alpha value is -3.70. The molecule has 3 aromatic rings. The molecule has 9 heteroatoms. The van der Waals surface area contributed by atoms with Gasteiger partial charge >= 0.3 is 5.97 Å². The number of carbonyl (C=O) groups is 2. The van der Waals surface area contributed by atoms with Crippen molar-refractivity contribution in [2.24, 2.45) is 0 Å². The third kappa shape index (κ3) is 6.59. The Morgan fingerprint density at radius 1 is 1.05 bits per heavy atom. The van der Waals surface area contributed by atoms with Crippen LogP contribution in [0.1, 0.15) is 24.0 Å². The van der Waals surface area contributed by atoms with Crippen LogP contribution < -0.4 is 10.6 Å². The monoisotopic (exact) mass is 563 g/mol. The summed E-state index contributed by atoms with van der Waals surface area (Å²) in [5.74, 6) is -1.57. The summed E-state index contributed by atoms with van der Waals surface area (Å²) >= 11 is 13.7. The lowest BCUT2D eigenvalue weighted by Crippen LogP contribution is -2.29. The number of halogens is 2. The van der Waals surface area contributed by atoms with Crippen LogP contribution in [0.2, 0.25) is 10.0 Å². The Balaban J connectivity index is 1.60. The number of hydrogen-bond acceptors (Lipinski definition) is 6. The minimum atomic E-state index is -0.767. The van der Waals surface area contributed by atoms with E-state index in [2.05, 4.69) is 16.7 Å². The number of ether oxygens (including phenoxy) is 1. The number of allylic oxidation sites excluding steroid dienone is 2. The van der Waals surface area contributed by atoms with E-state index in [4.69, 9.17) is 27.9 Å². The van der Waals surface area contributed by atoms with Gasteiger partial charge < -0.3 is 15.4 Å². The number of thioether (sulfide) groups is 1. The number of nitrogens with zero attached hydrogens (tertiary/aromatic N) is 1. The summed E-state index contributed by atoms with van der Waals surface area (Å²) in [5.41, 5.74) is 3.09. The Morgan fingerprint density at radius 3 is 2.50 bits per heavy atom. The van der Waals surface area contributed by atoms with Crippen LogP contribution >= 0.6 is 35.0 Å². The van der Waals surface area contributed by atoms with Gasteiger partial charge in [0.2, 0.25) is 5.91 Å². The molecule has 0 saturated heterocycles. The maximum Gasteiger partial charge on any atom is 0.337 e. The van der Waals surface area contributed by atoms with Crippen molar-refractivity contribution in [2.75, 3.05) is 11.1 Å². The van der Waals surface area contributed by atoms with Crippen molar-refractivity contribution in [3.05, 3.63) is 122 Å². The molecule has 4 rings (SSSR count). The molecule has 1 heterocycles. The maximum atomic E-state index is 13.4. The van der Waals surface area contributed by atoms with Gasteiger partial charge in [-0.1, -0.05) is 89.6 Å². The van der Waals surface area contributed by atoms with Gasteiger partial charge in [0, 0.05) is 21.4 Å². The molecule has 0 radical (unpaired) electrons. The first kappa shape index (κ1) is 27.3. The van der Waals surface area contributed by atoms with Crippen LogP contribution in [0, 0.1) is 11.3 Å². The van der Waals surface area contributed by atoms with Crippen molar-refractivity contribution in [3.8, 4) is 6.07 Å². The van der Waals surface area contributed by atoms with Gasteiger partial charge in [0.25, 0.3) is 0 Å². The van der Waals surface area contributed by atoms with Crippen LogP contribution in [0.4, 0.5) is 5.69 Å². The molecule has 0 aliphatic carbocycles. The lowest BCUT2D eigenvalue weighted by atomic mass is 9.82. The number of rotatable bonds is 8. The number of nitrogens with one attached hydrogen (secondary N) is 2. The Bertz CT molecular complexity index is 1470. The molecule has 192 valence electrons. The maximum absolute atomic E-state index is 13.4. The van der Waals surface area contributed by atoms with Crippen molar-refractivity contribution in [1.82, 2.24) is 5.32 Å². The lowest BCUT2D eigenvalue weighted by molar-refractivity contribution is -0.140. The summed E-state index contributed by atoms with van der Waals surface area (Å²) in [5, 5.41) is 17.5. The zero-order chi connectivity index (χ0) is 27.1. The summed E-state index contributed by atoms with van der Waals surface area (Å²) < 4.78 is 5.64. The predicted octanol–water partition coefficient (Wildman–Crippen LogP) is 6.80. The molecule has 0 bridgehead atoms. The minimum Gasteiger partial charge on any atom is -0.457 e. The average Bonchev–Trinajstić information content (AvgIpc) is 2.91. The fourth-order valence-corrected chi connectivity index (χ4v) is 5.35. The first-order valence-electron chi connectivity index (χ1n) is 11.6. The van der Waals surface area contributed by atoms with Crippen LogP contribution in [0.5, 0.6) is 0 Å². The minimum absolute atomic E-state index is 0.0241. The molecule has 1 atom stereocenters. The molecule has 0 saturated carbocycles. The van der Waals surface area contributed by atoms with Crippen molar-refractivity contribution in [1.29, 1.82) is 5.26 Å². The Kier molecular flexibility index (Phi) is 9.14. The van der Waals surface area contributed by atoms with Gasteiger partial charge in [-0.2, -0.15) is 5.26 Å².